The molecule has 0 aliphatic carbocycles. The van der Waals surface area contributed by atoms with Crippen LogP contribution < -0.4 is 14.8 Å². The lowest BCUT2D eigenvalue weighted by Gasteiger charge is -2.10. The van der Waals surface area contributed by atoms with E-state index in [1.807, 2.05) is 18.2 Å². The van der Waals surface area contributed by atoms with E-state index in [4.69, 9.17) is 25.8 Å². The van der Waals surface area contributed by atoms with Crippen molar-refractivity contribution in [1.29, 1.82) is 0 Å². The molecule has 0 amide bonds. The molecule has 4 nitrogen and oxygen atoms in total. The standard InChI is InChI=1S/C14H22ClNO3/c1-17-13-5-4-12(10-14(13)18-2)11-16-7-3-8-19-9-6-15/h4-5,10,16H,3,6-9,11H2,1-2H3. The second-order valence-corrected chi connectivity index (χ2v) is 4.40. The van der Waals surface area contributed by atoms with Crippen molar-refractivity contribution in [2.75, 3.05) is 39.9 Å². The van der Waals surface area contributed by atoms with Crippen LogP contribution in [0.1, 0.15) is 12.0 Å². The summed E-state index contributed by atoms with van der Waals surface area (Å²) in [5.41, 5.74) is 1.17. The highest BCUT2D eigenvalue weighted by Crippen LogP contribution is 2.27. The van der Waals surface area contributed by atoms with Crippen molar-refractivity contribution in [3.05, 3.63) is 23.8 Å². The Morgan fingerprint density at radius 3 is 2.58 bits per heavy atom. The maximum atomic E-state index is 5.51. The summed E-state index contributed by atoms with van der Waals surface area (Å²) in [6, 6.07) is 5.92. The monoisotopic (exact) mass is 287 g/mol. The van der Waals surface area contributed by atoms with E-state index in [-0.39, 0.29) is 0 Å². The number of halogens is 1. The largest absolute Gasteiger partial charge is 0.493 e. The van der Waals surface area contributed by atoms with Crippen LogP contribution in [0.25, 0.3) is 0 Å². The summed E-state index contributed by atoms with van der Waals surface area (Å²) in [4.78, 5) is 0. The average Bonchev–Trinajstić information content (AvgIpc) is 2.46. The van der Waals surface area contributed by atoms with E-state index in [0.717, 1.165) is 37.6 Å². The van der Waals surface area contributed by atoms with Crippen LogP contribution in [-0.4, -0.2) is 39.9 Å². The van der Waals surface area contributed by atoms with Crippen molar-refractivity contribution in [3.63, 3.8) is 0 Å². The predicted octanol–water partition coefficient (Wildman–Crippen LogP) is 2.44. The first-order valence-corrected chi connectivity index (χ1v) is 6.90. The van der Waals surface area contributed by atoms with E-state index in [1.165, 1.54) is 5.56 Å². The second-order valence-electron chi connectivity index (χ2n) is 4.02. The Morgan fingerprint density at radius 2 is 1.89 bits per heavy atom. The van der Waals surface area contributed by atoms with Crippen molar-refractivity contribution in [2.24, 2.45) is 0 Å². The van der Waals surface area contributed by atoms with Crippen LogP contribution >= 0.6 is 11.6 Å². The van der Waals surface area contributed by atoms with E-state index in [2.05, 4.69) is 5.32 Å². The van der Waals surface area contributed by atoms with E-state index in [9.17, 15) is 0 Å². The predicted molar refractivity (Wildman–Crippen MR) is 77.4 cm³/mol. The van der Waals surface area contributed by atoms with Crippen molar-refractivity contribution in [1.82, 2.24) is 5.32 Å². The molecule has 0 radical (unpaired) electrons. The van der Waals surface area contributed by atoms with Gasteiger partial charge in [-0.3, -0.25) is 0 Å². The zero-order chi connectivity index (χ0) is 13.9. The van der Waals surface area contributed by atoms with Gasteiger partial charge in [0.1, 0.15) is 0 Å². The van der Waals surface area contributed by atoms with Gasteiger partial charge in [0.2, 0.25) is 0 Å². The van der Waals surface area contributed by atoms with Gasteiger partial charge in [-0.2, -0.15) is 0 Å². The third kappa shape index (κ3) is 6.14. The van der Waals surface area contributed by atoms with Crippen LogP contribution in [0.2, 0.25) is 0 Å². The first-order valence-electron chi connectivity index (χ1n) is 6.37. The molecule has 0 unspecified atom stereocenters. The van der Waals surface area contributed by atoms with Crippen LogP contribution in [0.15, 0.2) is 18.2 Å². The Labute approximate surface area is 120 Å². The molecule has 0 aromatic heterocycles. The van der Waals surface area contributed by atoms with Crippen molar-refractivity contribution in [3.8, 4) is 11.5 Å². The summed E-state index contributed by atoms with van der Waals surface area (Å²) >= 11 is 5.51. The van der Waals surface area contributed by atoms with Gasteiger partial charge in [0.25, 0.3) is 0 Å². The number of rotatable bonds is 10. The van der Waals surface area contributed by atoms with Gasteiger partial charge >= 0.3 is 0 Å². The third-order valence-electron chi connectivity index (χ3n) is 2.64. The summed E-state index contributed by atoms with van der Waals surface area (Å²) in [6.07, 6.45) is 0.976. The fourth-order valence-corrected chi connectivity index (χ4v) is 1.79. The molecule has 0 aliphatic rings. The highest BCUT2D eigenvalue weighted by Gasteiger charge is 2.03. The van der Waals surface area contributed by atoms with E-state index in [1.54, 1.807) is 14.2 Å². The van der Waals surface area contributed by atoms with Gasteiger partial charge in [-0.15, -0.1) is 11.6 Å². The van der Waals surface area contributed by atoms with Crippen molar-refractivity contribution >= 4 is 11.6 Å². The minimum absolute atomic E-state index is 0.555. The molecule has 0 saturated carbocycles. The lowest BCUT2D eigenvalue weighted by Crippen LogP contribution is -2.16. The van der Waals surface area contributed by atoms with Gasteiger partial charge in [0.15, 0.2) is 11.5 Å². The zero-order valence-corrected chi connectivity index (χ0v) is 12.3. The van der Waals surface area contributed by atoms with E-state index in [0.29, 0.717) is 12.5 Å². The van der Waals surface area contributed by atoms with Gasteiger partial charge in [0, 0.05) is 19.0 Å². The van der Waals surface area contributed by atoms with E-state index >= 15 is 0 Å². The minimum atomic E-state index is 0.555. The smallest absolute Gasteiger partial charge is 0.161 e. The molecule has 0 spiro atoms. The van der Waals surface area contributed by atoms with Crippen LogP contribution in [-0.2, 0) is 11.3 Å². The van der Waals surface area contributed by atoms with Crippen molar-refractivity contribution < 1.29 is 14.2 Å². The number of benzene rings is 1. The molecule has 1 aromatic rings. The quantitative estimate of drug-likeness (QED) is 0.530. The summed E-state index contributed by atoms with van der Waals surface area (Å²) < 4.78 is 15.8. The lowest BCUT2D eigenvalue weighted by molar-refractivity contribution is 0.146. The Morgan fingerprint density at radius 1 is 1.11 bits per heavy atom. The first kappa shape index (κ1) is 16.1. The summed E-state index contributed by atoms with van der Waals surface area (Å²) in [5.74, 6) is 2.06. The number of nitrogens with one attached hydrogen (secondary N) is 1. The maximum Gasteiger partial charge on any atom is 0.161 e. The average molecular weight is 288 g/mol. The molecular formula is C14H22ClNO3. The normalized spacial score (nSPS) is 10.5. The van der Waals surface area contributed by atoms with Gasteiger partial charge in [0.05, 0.1) is 20.8 Å². The Hall–Kier alpha value is -0.970. The SMILES string of the molecule is COc1ccc(CNCCCOCCCl)cc1OC. The molecule has 0 saturated heterocycles. The summed E-state index contributed by atoms with van der Waals surface area (Å²) in [5, 5.41) is 3.36. The molecule has 1 aromatic carbocycles. The van der Waals surface area contributed by atoms with Gasteiger partial charge < -0.3 is 19.5 Å². The zero-order valence-electron chi connectivity index (χ0n) is 11.6. The molecule has 0 atom stereocenters. The maximum absolute atomic E-state index is 5.51. The number of hydrogen-bond acceptors (Lipinski definition) is 4. The first-order chi connectivity index (χ1) is 9.31. The highest BCUT2D eigenvalue weighted by molar-refractivity contribution is 6.17. The topological polar surface area (TPSA) is 39.7 Å². The minimum Gasteiger partial charge on any atom is -0.493 e. The molecule has 5 heteroatoms. The number of alkyl halides is 1. The van der Waals surface area contributed by atoms with Crippen LogP contribution in [0, 0.1) is 0 Å². The Kier molecular flexibility index (Phi) is 8.38. The molecule has 1 rings (SSSR count). The van der Waals surface area contributed by atoms with Gasteiger partial charge in [-0.05, 0) is 30.7 Å². The summed E-state index contributed by atoms with van der Waals surface area (Å²) in [6.45, 7) is 3.08. The second kappa shape index (κ2) is 9.89. The highest BCUT2D eigenvalue weighted by atomic mass is 35.5. The van der Waals surface area contributed by atoms with Crippen LogP contribution in [0.3, 0.4) is 0 Å². The third-order valence-corrected chi connectivity index (χ3v) is 2.80. The van der Waals surface area contributed by atoms with Crippen LogP contribution in [0.4, 0.5) is 0 Å². The van der Waals surface area contributed by atoms with Crippen molar-refractivity contribution in [2.45, 2.75) is 13.0 Å². The molecular weight excluding hydrogens is 266 g/mol. The number of ether oxygens (including phenoxy) is 3. The van der Waals surface area contributed by atoms with Gasteiger partial charge in [-0.1, -0.05) is 6.07 Å². The molecule has 0 heterocycles. The van der Waals surface area contributed by atoms with E-state index < -0.39 is 0 Å². The fraction of sp³-hybridized carbons (Fsp3) is 0.571. The Bertz CT molecular complexity index is 361. The molecule has 1 N–H and O–H groups in total. The number of hydrogen-bond donors (Lipinski definition) is 1. The summed E-state index contributed by atoms with van der Waals surface area (Å²) in [7, 11) is 3.28. The van der Waals surface area contributed by atoms with Crippen LogP contribution in [0.5, 0.6) is 11.5 Å². The fourth-order valence-electron chi connectivity index (χ4n) is 1.68. The molecule has 0 aliphatic heterocycles. The molecule has 108 valence electrons. The molecule has 0 bridgehead atoms. The molecule has 0 fully saturated rings. The molecule has 19 heavy (non-hydrogen) atoms. The lowest BCUT2D eigenvalue weighted by atomic mass is 10.2. The Balaban J connectivity index is 2.26. The number of methoxy groups -OCH3 is 2. The van der Waals surface area contributed by atoms with Gasteiger partial charge in [-0.25, -0.2) is 0 Å².